The number of aryl methyl sites for hydroxylation is 1. The summed E-state index contributed by atoms with van der Waals surface area (Å²) in [7, 11) is 3.09. The highest BCUT2D eigenvalue weighted by Crippen LogP contribution is 2.41. The number of hydrogen-bond acceptors (Lipinski definition) is 7. The molecule has 0 saturated heterocycles. The third kappa shape index (κ3) is 4.88. The highest BCUT2D eigenvalue weighted by atomic mass is 16.6. The minimum atomic E-state index is -0.426. The van der Waals surface area contributed by atoms with Gasteiger partial charge in [0.05, 0.1) is 14.2 Å². The number of benzene rings is 2. The van der Waals surface area contributed by atoms with Crippen LogP contribution in [0.2, 0.25) is 0 Å². The Morgan fingerprint density at radius 2 is 1.71 bits per heavy atom. The third-order valence-electron chi connectivity index (χ3n) is 4.62. The van der Waals surface area contributed by atoms with Gasteiger partial charge in [0.2, 0.25) is 0 Å². The van der Waals surface area contributed by atoms with Crippen LogP contribution in [0.1, 0.15) is 25.0 Å². The van der Waals surface area contributed by atoms with Crippen LogP contribution >= 0.6 is 0 Å². The van der Waals surface area contributed by atoms with E-state index in [0.717, 1.165) is 22.1 Å². The van der Waals surface area contributed by atoms with Gasteiger partial charge in [-0.2, -0.15) is 0 Å². The van der Waals surface area contributed by atoms with E-state index in [-0.39, 0.29) is 12.6 Å². The normalized spacial score (nSPS) is 11.0. The number of methoxy groups -OCH3 is 2. The zero-order valence-electron chi connectivity index (χ0n) is 18.1. The Balaban J connectivity index is 2.04. The minimum absolute atomic E-state index is 0.194. The van der Waals surface area contributed by atoms with E-state index in [1.54, 1.807) is 31.4 Å². The molecule has 7 nitrogen and oxygen atoms in total. The van der Waals surface area contributed by atoms with Gasteiger partial charge < -0.3 is 23.4 Å². The van der Waals surface area contributed by atoms with Crippen molar-refractivity contribution in [2.75, 3.05) is 20.8 Å². The number of carbonyl (C=O) groups is 2. The van der Waals surface area contributed by atoms with Gasteiger partial charge in [-0.25, -0.2) is 0 Å². The Bertz CT molecular complexity index is 1150. The molecule has 1 aromatic heterocycles. The standard InChI is InChI=1S/C24H24O7/c1-14-19-11-17(7-6-10-29-15(2)25)12-22(28-5)24(19)31-23(14)18-8-9-20(30-16(3)26)21(13-18)27-4/h6-9,11-13H,10H2,1-5H3/b7-6-. The Morgan fingerprint density at radius 3 is 2.35 bits per heavy atom. The first-order valence-electron chi connectivity index (χ1n) is 9.62. The Kier molecular flexibility index (Phi) is 6.65. The fourth-order valence-electron chi connectivity index (χ4n) is 3.23. The fourth-order valence-corrected chi connectivity index (χ4v) is 3.23. The molecule has 0 unspecified atom stereocenters. The molecule has 0 bridgehead atoms. The molecule has 0 aliphatic rings. The average molecular weight is 424 g/mol. The van der Waals surface area contributed by atoms with Crippen LogP contribution in [0.15, 0.2) is 40.8 Å². The molecule has 0 aliphatic carbocycles. The van der Waals surface area contributed by atoms with Crippen LogP contribution in [-0.2, 0) is 14.3 Å². The monoisotopic (exact) mass is 424 g/mol. The molecule has 3 aromatic rings. The summed E-state index contributed by atoms with van der Waals surface area (Å²) < 4.78 is 27.2. The molecule has 2 aromatic carbocycles. The maximum Gasteiger partial charge on any atom is 0.308 e. The maximum absolute atomic E-state index is 11.3. The summed E-state index contributed by atoms with van der Waals surface area (Å²) in [6.07, 6.45) is 3.62. The first kappa shape index (κ1) is 22.0. The summed E-state index contributed by atoms with van der Waals surface area (Å²) in [6.45, 7) is 4.85. The number of carbonyl (C=O) groups excluding carboxylic acids is 2. The topological polar surface area (TPSA) is 84.2 Å². The van der Waals surface area contributed by atoms with E-state index in [0.29, 0.717) is 28.6 Å². The fraction of sp³-hybridized carbons (Fsp3) is 0.250. The van der Waals surface area contributed by atoms with E-state index in [9.17, 15) is 9.59 Å². The second-order valence-electron chi connectivity index (χ2n) is 6.82. The van der Waals surface area contributed by atoms with Crippen molar-refractivity contribution in [2.24, 2.45) is 0 Å². The number of fused-ring (bicyclic) bond motifs is 1. The molecule has 31 heavy (non-hydrogen) atoms. The first-order valence-corrected chi connectivity index (χ1v) is 9.62. The largest absolute Gasteiger partial charge is 0.493 e. The second kappa shape index (κ2) is 9.38. The lowest BCUT2D eigenvalue weighted by Gasteiger charge is -2.09. The molecule has 0 fully saturated rings. The number of hydrogen-bond donors (Lipinski definition) is 0. The molecule has 0 atom stereocenters. The highest BCUT2D eigenvalue weighted by Gasteiger charge is 2.18. The predicted molar refractivity (Wildman–Crippen MR) is 116 cm³/mol. The van der Waals surface area contributed by atoms with Gasteiger partial charge in [-0.1, -0.05) is 6.08 Å². The first-order chi connectivity index (χ1) is 14.8. The zero-order valence-corrected chi connectivity index (χ0v) is 18.1. The molecule has 0 aliphatic heterocycles. The van der Waals surface area contributed by atoms with E-state index >= 15 is 0 Å². The second-order valence-corrected chi connectivity index (χ2v) is 6.82. The van der Waals surface area contributed by atoms with Crippen molar-refractivity contribution in [1.29, 1.82) is 0 Å². The van der Waals surface area contributed by atoms with Crippen LogP contribution < -0.4 is 14.2 Å². The van der Waals surface area contributed by atoms with Crippen molar-refractivity contribution >= 4 is 29.0 Å². The summed E-state index contributed by atoms with van der Waals surface area (Å²) in [5.74, 6) is 1.25. The molecule has 0 amide bonds. The summed E-state index contributed by atoms with van der Waals surface area (Å²) in [5.41, 5.74) is 3.20. The average Bonchev–Trinajstić information content (AvgIpc) is 3.07. The molecule has 162 valence electrons. The number of ether oxygens (including phenoxy) is 4. The van der Waals surface area contributed by atoms with Gasteiger partial charge in [0, 0.05) is 30.4 Å². The number of rotatable bonds is 7. The van der Waals surface area contributed by atoms with Gasteiger partial charge in [-0.05, 0) is 48.9 Å². The lowest BCUT2D eigenvalue weighted by Crippen LogP contribution is -2.03. The third-order valence-corrected chi connectivity index (χ3v) is 4.62. The van der Waals surface area contributed by atoms with E-state index in [2.05, 4.69) is 0 Å². The molecule has 3 rings (SSSR count). The van der Waals surface area contributed by atoms with Crippen molar-refractivity contribution in [2.45, 2.75) is 20.8 Å². The van der Waals surface area contributed by atoms with Gasteiger partial charge in [0.25, 0.3) is 0 Å². The molecular formula is C24H24O7. The van der Waals surface area contributed by atoms with Crippen molar-refractivity contribution in [1.82, 2.24) is 0 Å². The SMILES string of the molecule is COc1cc(-c2oc3c(OC)cc(/C=C\COC(C)=O)cc3c2C)ccc1OC(C)=O. The lowest BCUT2D eigenvalue weighted by atomic mass is 10.0. The van der Waals surface area contributed by atoms with Gasteiger partial charge in [-0.3, -0.25) is 9.59 Å². The van der Waals surface area contributed by atoms with Crippen LogP contribution in [-0.4, -0.2) is 32.8 Å². The Morgan fingerprint density at radius 1 is 0.968 bits per heavy atom. The van der Waals surface area contributed by atoms with Crippen molar-refractivity contribution in [3.8, 4) is 28.6 Å². The van der Waals surface area contributed by atoms with Crippen molar-refractivity contribution < 1.29 is 33.0 Å². The van der Waals surface area contributed by atoms with Crippen LogP contribution in [0.4, 0.5) is 0 Å². The summed E-state index contributed by atoms with van der Waals surface area (Å²) in [5, 5.41) is 0.893. The molecule has 1 heterocycles. The molecule has 0 N–H and O–H groups in total. The summed E-state index contributed by atoms with van der Waals surface area (Å²) in [4.78, 5) is 22.2. The van der Waals surface area contributed by atoms with Crippen molar-refractivity contribution in [3.05, 3.63) is 47.5 Å². The number of esters is 2. The van der Waals surface area contributed by atoms with Crippen molar-refractivity contribution in [3.63, 3.8) is 0 Å². The summed E-state index contributed by atoms with van der Waals surface area (Å²) in [6, 6.07) is 9.06. The smallest absolute Gasteiger partial charge is 0.308 e. The van der Waals surface area contributed by atoms with Crippen LogP contribution in [0.3, 0.4) is 0 Å². The molecule has 7 heteroatoms. The van der Waals surface area contributed by atoms with Gasteiger partial charge in [0.1, 0.15) is 12.4 Å². The van der Waals surface area contributed by atoms with Gasteiger partial charge in [-0.15, -0.1) is 0 Å². The molecule has 0 spiro atoms. The number of furan rings is 1. The minimum Gasteiger partial charge on any atom is -0.493 e. The van der Waals surface area contributed by atoms with Crippen LogP contribution in [0, 0.1) is 6.92 Å². The Labute approximate surface area is 180 Å². The maximum atomic E-state index is 11.3. The van der Waals surface area contributed by atoms with Crippen LogP contribution in [0.5, 0.6) is 17.2 Å². The van der Waals surface area contributed by atoms with E-state index in [1.807, 2.05) is 25.1 Å². The van der Waals surface area contributed by atoms with E-state index in [1.165, 1.54) is 21.0 Å². The lowest BCUT2D eigenvalue weighted by molar-refractivity contribution is -0.139. The van der Waals surface area contributed by atoms with E-state index in [4.69, 9.17) is 23.4 Å². The highest BCUT2D eigenvalue weighted by molar-refractivity contribution is 5.93. The zero-order chi connectivity index (χ0) is 22.5. The van der Waals surface area contributed by atoms with Crippen LogP contribution in [0.25, 0.3) is 28.4 Å². The predicted octanol–water partition coefficient (Wildman–Crippen LogP) is 4.93. The quantitative estimate of drug-likeness (QED) is 0.393. The van der Waals surface area contributed by atoms with E-state index < -0.39 is 5.97 Å². The molecule has 0 saturated carbocycles. The molecule has 0 radical (unpaired) electrons. The van der Waals surface area contributed by atoms with Gasteiger partial charge in [0.15, 0.2) is 22.8 Å². The van der Waals surface area contributed by atoms with Gasteiger partial charge >= 0.3 is 11.9 Å². The Hall–Kier alpha value is -3.74. The molecular weight excluding hydrogens is 400 g/mol. The summed E-state index contributed by atoms with van der Waals surface area (Å²) >= 11 is 0.